The summed E-state index contributed by atoms with van der Waals surface area (Å²) in [5, 5.41) is 16.9. The molecule has 5 rings (SSSR count). The molecule has 1 saturated heterocycles. The van der Waals surface area contributed by atoms with Gasteiger partial charge >= 0.3 is 6.03 Å². The number of aromatic nitrogens is 1. The van der Waals surface area contributed by atoms with Gasteiger partial charge in [0.25, 0.3) is 10.1 Å². The maximum Gasteiger partial charge on any atom is 0.323 e. The Morgan fingerprint density at radius 2 is 1.57 bits per heavy atom. The van der Waals surface area contributed by atoms with Gasteiger partial charge in [0.05, 0.1) is 31.1 Å². The highest BCUT2D eigenvalue weighted by atomic mass is 32.2. The highest BCUT2D eigenvalue weighted by Gasteiger charge is 2.46. The van der Waals surface area contributed by atoms with Crippen molar-refractivity contribution in [2.45, 2.75) is 31.8 Å². The van der Waals surface area contributed by atoms with Crippen molar-refractivity contribution in [3.63, 3.8) is 0 Å². The molecule has 17 heteroatoms. The summed E-state index contributed by atoms with van der Waals surface area (Å²) in [4.78, 5) is 42.5. The largest absolute Gasteiger partial charge is 0.454 e. The van der Waals surface area contributed by atoms with Crippen molar-refractivity contribution < 1.29 is 50.4 Å². The minimum Gasteiger partial charge on any atom is -0.454 e. The van der Waals surface area contributed by atoms with Gasteiger partial charge in [0.2, 0.25) is 11.8 Å². The molecule has 2 aliphatic rings. The highest BCUT2D eigenvalue weighted by Crippen LogP contribution is 2.52. The SMILES string of the molecule is CS(=O)(=O)O.O=C(CC1(CC(=O)Nc2cc(F)c(Oc3ccnc(NC(=O)N4CC(O)C4)c3)cc2F)CC1)Nc1ccc(F)cc1. The molecule has 2 heterocycles. The van der Waals surface area contributed by atoms with Gasteiger partial charge in [-0.15, -0.1) is 0 Å². The number of urea groups is 1. The van der Waals surface area contributed by atoms with Crippen LogP contribution in [0.25, 0.3) is 0 Å². The topological polar surface area (TPSA) is 187 Å². The van der Waals surface area contributed by atoms with Crippen LogP contribution < -0.4 is 20.7 Å². The summed E-state index contributed by atoms with van der Waals surface area (Å²) < 4.78 is 74.0. The van der Waals surface area contributed by atoms with E-state index in [1.165, 1.54) is 47.5 Å². The normalized spacial score (nSPS) is 15.0. The number of hydrogen-bond donors (Lipinski definition) is 5. The first-order valence-corrected chi connectivity index (χ1v) is 15.6. The molecule has 0 bridgehead atoms. The number of pyridine rings is 1. The molecule has 13 nitrogen and oxygen atoms in total. The van der Waals surface area contributed by atoms with E-state index in [1.54, 1.807) is 0 Å². The van der Waals surface area contributed by atoms with Gasteiger partial charge in [-0.2, -0.15) is 8.42 Å². The first kappa shape index (κ1) is 34.1. The predicted octanol–water partition coefficient (Wildman–Crippen LogP) is 4.14. The number of anilines is 3. The van der Waals surface area contributed by atoms with Gasteiger partial charge in [0.15, 0.2) is 17.4 Å². The number of carbonyl (C=O) groups excluding carboxylic acids is 3. The smallest absolute Gasteiger partial charge is 0.323 e. The number of halogens is 3. The molecular weight excluding hydrogens is 635 g/mol. The molecule has 0 unspecified atom stereocenters. The van der Waals surface area contributed by atoms with Crippen molar-refractivity contribution in [3.8, 4) is 11.5 Å². The minimum absolute atomic E-state index is 0.0514. The fourth-order valence-corrected chi connectivity index (χ4v) is 4.39. The fourth-order valence-electron chi connectivity index (χ4n) is 4.39. The second kappa shape index (κ2) is 14.1. The molecule has 5 N–H and O–H groups in total. The third-order valence-corrected chi connectivity index (χ3v) is 6.80. The Hall–Kier alpha value is -4.74. The van der Waals surface area contributed by atoms with Crippen LogP contribution >= 0.6 is 0 Å². The molecule has 4 amide bonds. The van der Waals surface area contributed by atoms with Crippen LogP contribution in [0.4, 0.5) is 35.2 Å². The van der Waals surface area contributed by atoms with E-state index in [2.05, 4.69) is 20.9 Å². The summed E-state index contributed by atoms with van der Waals surface area (Å²) in [6, 6.07) is 9.11. The van der Waals surface area contributed by atoms with Crippen molar-refractivity contribution in [2.24, 2.45) is 5.41 Å². The van der Waals surface area contributed by atoms with Crippen molar-refractivity contribution in [3.05, 3.63) is 72.2 Å². The summed E-state index contributed by atoms with van der Waals surface area (Å²) in [7, 11) is -3.67. The molecule has 1 aromatic heterocycles. The van der Waals surface area contributed by atoms with Crippen LogP contribution in [0.1, 0.15) is 25.7 Å². The monoisotopic (exact) mass is 665 g/mol. The Kier molecular flexibility index (Phi) is 10.5. The number of aliphatic hydroxyl groups excluding tert-OH is 1. The van der Waals surface area contributed by atoms with E-state index in [1.807, 2.05) is 0 Å². The Balaban J connectivity index is 0.000000892. The standard InChI is InChI=1S/C28H26F3N5O5.CH4O3S/c29-16-1-3-17(4-2-16)33-25(38)12-28(6-7-28)13-26(39)34-22-10-21(31)23(11-20(22)30)41-19-5-8-32-24(9-19)35-27(40)36-14-18(37)15-36;1-5(2,3)4/h1-5,8-11,18,37H,6-7,12-15H2,(H,33,38)(H,34,39)(H,32,35,40);1H3,(H,2,3,4). The number of benzene rings is 2. The molecule has 246 valence electrons. The second-order valence-corrected chi connectivity index (χ2v) is 12.4. The summed E-state index contributed by atoms with van der Waals surface area (Å²) in [6.07, 6.45) is 2.69. The number of hydrogen-bond acceptors (Lipinski definition) is 8. The zero-order valence-corrected chi connectivity index (χ0v) is 25.1. The summed E-state index contributed by atoms with van der Waals surface area (Å²) >= 11 is 0. The number of nitrogens with one attached hydrogen (secondary N) is 3. The Morgan fingerprint density at radius 1 is 0.957 bits per heavy atom. The van der Waals surface area contributed by atoms with Gasteiger partial charge in [0.1, 0.15) is 17.4 Å². The fraction of sp³-hybridized carbons (Fsp3) is 0.310. The minimum atomic E-state index is -3.67. The first-order chi connectivity index (χ1) is 21.6. The zero-order chi connectivity index (χ0) is 33.6. The molecule has 0 radical (unpaired) electrons. The van der Waals surface area contributed by atoms with Gasteiger partial charge in [0, 0.05) is 42.9 Å². The number of β-amino-alcohol motifs (C(OH)–C–C–N with tert-alkyl or cyclic N) is 1. The Labute approximate surface area is 261 Å². The molecule has 1 saturated carbocycles. The van der Waals surface area contributed by atoms with Crippen LogP contribution in [0.15, 0.2) is 54.7 Å². The van der Waals surface area contributed by atoms with Crippen molar-refractivity contribution in [1.29, 1.82) is 0 Å². The molecule has 1 aliphatic heterocycles. The third kappa shape index (κ3) is 10.4. The van der Waals surface area contributed by atoms with E-state index >= 15 is 0 Å². The molecule has 1 aliphatic carbocycles. The maximum atomic E-state index is 14.8. The third-order valence-electron chi connectivity index (χ3n) is 6.80. The lowest BCUT2D eigenvalue weighted by Gasteiger charge is -2.35. The average molecular weight is 666 g/mol. The van der Waals surface area contributed by atoms with Crippen molar-refractivity contribution in [2.75, 3.05) is 35.3 Å². The van der Waals surface area contributed by atoms with Gasteiger partial charge < -0.3 is 25.4 Å². The van der Waals surface area contributed by atoms with Crippen LogP contribution in [0, 0.1) is 22.9 Å². The van der Waals surface area contributed by atoms with E-state index in [0.717, 1.165) is 12.1 Å². The quantitative estimate of drug-likeness (QED) is 0.209. The number of likely N-dealkylation sites (tertiary alicyclic amines) is 1. The van der Waals surface area contributed by atoms with Crippen LogP contribution in [0.3, 0.4) is 0 Å². The number of carbonyl (C=O) groups is 3. The molecule has 2 fully saturated rings. The van der Waals surface area contributed by atoms with Crippen LogP contribution in [-0.2, 0) is 19.7 Å². The lowest BCUT2D eigenvalue weighted by Crippen LogP contribution is -2.54. The van der Waals surface area contributed by atoms with E-state index < -0.39 is 56.8 Å². The van der Waals surface area contributed by atoms with Gasteiger partial charge in [-0.1, -0.05) is 0 Å². The number of rotatable bonds is 9. The lowest BCUT2D eigenvalue weighted by molar-refractivity contribution is -0.119. The molecular formula is C29H30F3N5O8S. The first-order valence-electron chi connectivity index (χ1n) is 13.7. The van der Waals surface area contributed by atoms with Crippen LogP contribution in [0.5, 0.6) is 11.5 Å². The highest BCUT2D eigenvalue weighted by molar-refractivity contribution is 7.85. The van der Waals surface area contributed by atoms with E-state index in [-0.39, 0.29) is 49.1 Å². The summed E-state index contributed by atoms with van der Waals surface area (Å²) in [5.41, 5.74) is -0.543. The number of nitrogens with zero attached hydrogens (tertiary/aromatic N) is 2. The molecule has 0 spiro atoms. The lowest BCUT2D eigenvalue weighted by atomic mass is 9.97. The van der Waals surface area contributed by atoms with Crippen LogP contribution in [0.2, 0.25) is 0 Å². The summed E-state index contributed by atoms with van der Waals surface area (Å²) in [5.74, 6) is -3.49. The predicted molar refractivity (Wildman–Crippen MR) is 159 cm³/mol. The number of ether oxygens (including phenoxy) is 1. The van der Waals surface area contributed by atoms with E-state index in [0.29, 0.717) is 24.8 Å². The van der Waals surface area contributed by atoms with Crippen molar-refractivity contribution in [1.82, 2.24) is 9.88 Å². The molecule has 0 atom stereocenters. The van der Waals surface area contributed by atoms with Gasteiger partial charge in [-0.3, -0.25) is 19.5 Å². The number of aliphatic hydroxyl groups is 1. The molecule has 46 heavy (non-hydrogen) atoms. The zero-order valence-electron chi connectivity index (χ0n) is 24.3. The second-order valence-electron chi connectivity index (χ2n) is 10.9. The maximum absolute atomic E-state index is 14.8. The Bertz CT molecular complexity index is 1710. The van der Waals surface area contributed by atoms with Gasteiger partial charge in [-0.25, -0.2) is 22.9 Å². The van der Waals surface area contributed by atoms with E-state index in [9.17, 15) is 41.1 Å². The van der Waals surface area contributed by atoms with Crippen molar-refractivity contribution >= 4 is 45.2 Å². The summed E-state index contributed by atoms with van der Waals surface area (Å²) in [6.45, 7) is 0.395. The van der Waals surface area contributed by atoms with Gasteiger partial charge in [-0.05, 0) is 48.6 Å². The molecule has 2 aromatic carbocycles. The van der Waals surface area contributed by atoms with E-state index in [4.69, 9.17) is 9.29 Å². The number of amides is 4. The molecule has 3 aromatic rings. The Morgan fingerprint density at radius 3 is 2.15 bits per heavy atom. The van der Waals surface area contributed by atoms with Crippen LogP contribution in [-0.4, -0.2) is 71.3 Å². The average Bonchev–Trinajstić information content (AvgIpc) is 3.68.